The second-order valence-electron chi connectivity index (χ2n) is 4.67. The van der Waals surface area contributed by atoms with Crippen molar-refractivity contribution in [2.75, 3.05) is 7.11 Å². The molecule has 1 aromatic heterocycles. The minimum absolute atomic E-state index is 0.743. The SMILES string of the molecule is C=CCn1cc(CNCc2ccccc2OC)c(C)n1. The molecule has 2 aromatic rings. The lowest BCUT2D eigenvalue weighted by Crippen LogP contribution is -2.13. The molecule has 0 radical (unpaired) electrons. The van der Waals surface area contributed by atoms with E-state index in [0.717, 1.165) is 36.6 Å². The summed E-state index contributed by atoms with van der Waals surface area (Å²) in [5, 5.41) is 7.87. The number of hydrogen-bond acceptors (Lipinski definition) is 3. The van der Waals surface area contributed by atoms with Gasteiger partial charge in [-0.3, -0.25) is 4.68 Å². The number of hydrogen-bond donors (Lipinski definition) is 1. The lowest BCUT2D eigenvalue weighted by molar-refractivity contribution is 0.407. The Hall–Kier alpha value is -2.07. The molecule has 0 aliphatic heterocycles. The van der Waals surface area contributed by atoms with Gasteiger partial charge < -0.3 is 10.1 Å². The largest absolute Gasteiger partial charge is 0.496 e. The average Bonchev–Trinajstić information content (AvgIpc) is 2.80. The Labute approximate surface area is 120 Å². The Bertz CT molecular complexity index is 575. The Kier molecular flexibility index (Phi) is 4.96. The third-order valence-corrected chi connectivity index (χ3v) is 3.19. The van der Waals surface area contributed by atoms with Gasteiger partial charge in [-0.1, -0.05) is 24.3 Å². The summed E-state index contributed by atoms with van der Waals surface area (Å²) in [6, 6.07) is 8.04. The molecule has 0 atom stereocenters. The van der Waals surface area contributed by atoms with Crippen molar-refractivity contribution in [3.63, 3.8) is 0 Å². The predicted octanol–water partition coefficient (Wildman–Crippen LogP) is 2.68. The molecular formula is C16H21N3O. The number of rotatable bonds is 7. The van der Waals surface area contributed by atoms with Crippen molar-refractivity contribution in [3.05, 3.63) is 59.9 Å². The van der Waals surface area contributed by atoms with Crippen LogP contribution in [0.25, 0.3) is 0 Å². The standard InChI is InChI=1S/C16H21N3O/c1-4-9-19-12-15(13(2)18-19)11-17-10-14-7-5-6-8-16(14)20-3/h4-8,12,17H,1,9-11H2,2-3H3. The fraction of sp³-hybridized carbons (Fsp3) is 0.312. The van der Waals surface area contributed by atoms with Crippen molar-refractivity contribution < 1.29 is 4.74 Å². The molecule has 4 heteroatoms. The smallest absolute Gasteiger partial charge is 0.123 e. The van der Waals surface area contributed by atoms with E-state index in [1.807, 2.05) is 35.9 Å². The van der Waals surface area contributed by atoms with E-state index in [1.165, 1.54) is 5.56 Å². The summed E-state index contributed by atoms with van der Waals surface area (Å²) in [5.74, 6) is 0.916. The number of nitrogens with zero attached hydrogens (tertiary/aromatic N) is 2. The fourth-order valence-corrected chi connectivity index (χ4v) is 2.14. The number of aromatic nitrogens is 2. The topological polar surface area (TPSA) is 39.1 Å². The van der Waals surface area contributed by atoms with Crippen LogP contribution >= 0.6 is 0 Å². The molecule has 0 spiro atoms. The van der Waals surface area contributed by atoms with Crippen molar-refractivity contribution in [1.82, 2.24) is 15.1 Å². The molecule has 20 heavy (non-hydrogen) atoms. The van der Waals surface area contributed by atoms with Gasteiger partial charge in [0.25, 0.3) is 0 Å². The molecule has 4 nitrogen and oxygen atoms in total. The van der Waals surface area contributed by atoms with Crippen molar-refractivity contribution >= 4 is 0 Å². The molecule has 106 valence electrons. The van der Waals surface area contributed by atoms with E-state index in [1.54, 1.807) is 7.11 Å². The van der Waals surface area contributed by atoms with Gasteiger partial charge in [0.15, 0.2) is 0 Å². The van der Waals surface area contributed by atoms with E-state index < -0.39 is 0 Å². The van der Waals surface area contributed by atoms with Crippen LogP contribution in [-0.4, -0.2) is 16.9 Å². The fourth-order valence-electron chi connectivity index (χ4n) is 2.14. The zero-order valence-electron chi connectivity index (χ0n) is 12.1. The van der Waals surface area contributed by atoms with Crippen LogP contribution in [0.2, 0.25) is 0 Å². The van der Waals surface area contributed by atoms with E-state index >= 15 is 0 Å². The highest BCUT2D eigenvalue weighted by Gasteiger charge is 2.05. The van der Waals surface area contributed by atoms with Crippen LogP contribution in [0, 0.1) is 6.92 Å². The number of ether oxygens (including phenoxy) is 1. The molecule has 0 bridgehead atoms. The number of methoxy groups -OCH3 is 1. The van der Waals surface area contributed by atoms with Gasteiger partial charge in [0.05, 0.1) is 19.3 Å². The van der Waals surface area contributed by atoms with Crippen LogP contribution < -0.4 is 10.1 Å². The van der Waals surface area contributed by atoms with Gasteiger partial charge in [0.1, 0.15) is 5.75 Å². The van der Waals surface area contributed by atoms with Crippen LogP contribution in [0.5, 0.6) is 5.75 Å². The molecule has 0 amide bonds. The molecule has 2 rings (SSSR count). The average molecular weight is 271 g/mol. The maximum absolute atomic E-state index is 5.34. The summed E-state index contributed by atoms with van der Waals surface area (Å²) in [6.07, 6.45) is 3.91. The second kappa shape index (κ2) is 6.91. The summed E-state index contributed by atoms with van der Waals surface area (Å²) in [4.78, 5) is 0. The maximum atomic E-state index is 5.34. The van der Waals surface area contributed by atoms with Gasteiger partial charge in [-0.05, 0) is 13.0 Å². The highest BCUT2D eigenvalue weighted by Crippen LogP contribution is 2.17. The number of benzene rings is 1. The van der Waals surface area contributed by atoms with Gasteiger partial charge in [0.2, 0.25) is 0 Å². The van der Waals surface area contributed by atoms with Crippen LogP contribution in [-0.2, 0) is 19.6 Å². The van der Waals surface area contributed by atoms with Crippen molar-refractivity contribution in [1.29, 1.82) is 0 Å². The highest BCUT2D eigenvalue weighted by molar-refractivity contribution is 5.33. The quantitative estimate of drug-likeness (QED) is 0.787. The van der Waals surface area contributed by atoms with Gasteiger partial charge in [-0.25, -0.2) is 0 Å². The van der Waals surface area contributed by atoms with Gasteiger partial charge >= 0.3 is 0 Å². The first-order valence-corrected chi connectivity index (χ1v) is 6.71. The molecule has 1 aromatic carbocycles. The Balaban J connectivity index is 1.94. The van der Waals surface area contributed by atoms with Crippen molar-refractivity contribution in [2.24, 2.45) is 0 Å². The molecule has 1 N–H and O–H groups in total. The molecule has 1 heterocycles. The molecule has 0 saturated heterocycles. The molecular weight excluding hydrogens is 250 g/mol. The second-order valence-corrected chi connectivity index (χ2v) is 4.67. The highest BCUT2D eigenvalue weighted by atomic mass is 16.5. The van der Waals surface area contributed by atoms with Crippen LogP contribution in [0.3, 0.4) is 0 Å². The lowest BCUT2D eigenvalue weighted by Gasteiger charge is -2.09. The van der Waals surface area contributed by atoms with E-state index in [-0.39, 0.29) is 0 Å². The minimum atomic E-state index is 0.743. The zero-order chi connectivity index (χ0) is 14.4. The first-order valence-electron chi connectivity index (χ1n) is 6.71. The van der Waals surface area contributed by atoms with E-state index in [4.69, 9.17) is 4.74 Å². The first kappa shape index (κ1) is 14.3. The number of aryl methyl sites for hydroxylation is 1. The summed E-state index contributed by atoms with van der Waals surface area (Å²) >= 11 is 0. The number of allylic oxidation sites excluding steroid dienone is 1. The number of para-hydroxylation sites is 1. The molecule has 0 aliphatic rings. The Morgan fingerprint density at radius 3 is 2.80 bits per heavy atom. The maximum Gasteiger partial charge on any atom is 0.123 e. The third kappa shape index (κ3) is 3.48. The van der Waals surface area contributed by atoms with Gasteiger partial charge in [0, 0.05) is 30.4 Å². The molecule has 0 aliphatic carbocycles. The lowest BCUT2D eigenvalue weighted by atomic mass is 10.2. The van der Waals surface area contributed by atoms with Gasteiger partial charge in [-0.15, -0.1) is 6.58 Å². The first-order chi connectivity index (χ1) is 9.74. The Morgan fingerprint density at radius 1 is 1.30 bits per heavy atom. The molecule has 0 unspecified atom stereocenters. The Morgan fingerprint density at radius 2 is 2.05 bits per heavy atom. The van der Waals surface area contributed by atoms with E-state index in [2.05, 4.69) is 29.3 Å². The summed E-state index contributed by atoms with van der Waals surface area (Å²) in [5.41, 5.74) is 3.42. The normalized spacial score (nSPS) is 10.5. The third-order valence-electron chi connectivity index (χ3n) is 3.19. The summed E-state index contributed by atoms with van der Waals surface area (Å²) < 4.78 is 7.25. The van der Waals surface area contributed by atoms with E-state index in [0.29, 0.717) is 0 Å². The molecule has 0 fully saturated rings. The van der Waals surface area contributed by atoms with Crippen molar-refractivity contribution in [2.45, 2.75) is 26.6 Å². The minimum Gasteiger partial charge on any atom is -0.496 e. The zero-order valence-corrected chi connectivity index (χ0v) is 12.1. The van der Waals surface area contributed by atoms with Gasteiger partial charge in [-0.2, -0.15) is 5.10 Å². The summed E-state index contributed by atoms with van der Waals surface area (Å²) in [7, 11) is 1.70. The molecule has 0 saturated carbocycles. The van der Waals surface area contributed by atoms with E-state index in [9.17, 15) is 0 Å². The summed E-state index contributed by atoms with van der Waals surface area (Å²) in [6.45, 7) is 8.06. The number of nitrogens with one attached hydrogen (secondary N) is 1. The van der Waals surface area contributed by atoms with Crippen LogP contribution in [0.1, 0.15) is 16.8 Å². The monoisotopic (exact) mass is 271 g/mol. The predicted molar refractivity (Wildman–Crippen MR) is 80.7 cm³/mol. The van der Waals surface area contributed by atoms with Crippen LogP contribution in [0.15, 0.2) is 43.1 Å². The van der Waals surface area contributed by atoms with Crippen LogP contribution in [0.4, 0.5) is 0 Å². The van der Waals surface area contributed by atoms with Crippen molar-refractivity contribution in [3.8, 4) is 5.75 Å².